The quantitative estimate of drug-likeness (QED) is 0.546. The van der Waals surface area contributed by atoms with Gasteiger partial charge < -0.3 is 16.4 Å². The summed E-state index contributed by atoms with van der Waals surface area (Å²) in [5.74, 6) is 6.95. The predicted octanol–water partition coefficient (Wildman–Crippen LogP) is 3.06. The van der Waals surface area contributed by atoms with Crippen LogP contribution in [0.25, 0.3) is 0 Å². The fourth-order valence-electron chi connectivity index (χ4n) is 2.33. The minimum atomic E-state index is -0.559. The summed E-state index contributed by atoms with van der Waals surface area (Å²) in [7, 11) is 0. The standard InChI is InChI=1S/C19H23FN6/c1-19(2,8-9-21)7-5-13-12-23-18(26-17(13)24-14-3-4-14)25-15-6-10-22-16(20)11-15/h6,10-12,14H,3-4,8-9,21H2,1-2H3,(H2,22,23,24,25,26). The topological polar surface area (TPSA) is 88.8 Å². The average molecular weight is 354 g/mol. The maximum absolute atomic E-state index is 13.2. The van der Waals surface area contributed by atoms with E-state index in [0.717, 1.165) is 24.8 Å². The molecule has 3 rings (SSSR count). The summed E-state index contributed by atoms with van der Waals surface area (Å²) in [5.41, 5.74) is 6.76. The molecule has 0 atom stereocenters. The highest BCUT2D eigenvalue weighted by molar-refractivity contribution is 5.59. The predicted molar refractivity (Wildman–Crippen MR) is 100 cm³/mol. The number of hydrogen-bond acceptors (Lipinski definition) is 6. The molecule has 2 aromatic rings. The van der Waals surface area contributed by atoms with Gasteiger partial charge in [0.25, 0.3) is 0 Å². The Labute approximate surface area is 152 Å². The number of nitrogens with one attached hydrogen (secondary N) is 2. The van der Waals surface area contributed by atoms with E-state index in [9.17, 15) is 4.39 Å². The lowest BCUT2D eigenvalue weighted by molar-refractivity contribution is 0.466. The maximum Gasteiger partial charge on any atom is 0.229 e. The molecular formula is C19H23FN6. The van der Waals surface area contributed by atoms with Gasteiger partial charge in [0.2, 0.25) is 11.9 Å². The molecule has 1 fully saturated rings. The van der Waals surface area contributed by atoms with Crippen LogP contribution < -0.4 is 16.4 Å². The molecule has 0 bridgehead atoms. The molecule has 0 saturated heterocycles. The van der Waals surface area contributed by atoms with Gasteiger partial charge >= 0.3 is 0 Å². The van der Waals surface area contributed by atoms with E-state index >= 15 is 0 Å². The Morgan fingerprint density at radius 3 is 2.85 bits per heavy atom. The minimum absolute atomic E-state index is 0.170. The summed E-state index contributed by atoms with van der Waals surface area (Å²) in [5, 5.41) is 6.38. The van der Waals surface area contributed by atoms with Crippen molar-refractivity contribution < 1.29 is 4.39 Å². The van der Waals surface area contributed by atoms with Gasteiger partial charge in [-0.3, -0.25) is 0 Å². The van der Waals surface area contributed by atoms with Crippen LogP contribution >= 0.6 is 0 Å². The Bertz CT molecular complexity index is 835. The number of nitrogens with two attached hydrogens (primary N) is 1. The van der Waals surface area contributed by atoms with Gasteiger partial charge in [-0.2, -0.15) is 9.37 Å². The number of aromatic nitrogens is 3. The lowest BCUT2D eigenvalue weighted by Gasteiger charge is -2.15. The second-order valence-corrected chi connectivity index (χ2v) is 7.04. The lowest BCUT2D eigenvalue weighted by Crippen LogP contribution is -2.15. The number of halogens is 1. The van der Waals surface area contributed by atoms with Crippen molar-refractivity contribution in [2.45, 2.75) is 39.2 Å². The molecular weight excluding hydrogens is 331 g/mol. The van der Waals surface area contributed by atoms with Crippen LogP contribution in [0.15, 0.2) is 24.5 Å². The van der Waals surface area contributed by atoms with Crippen molar-refractivity contribution in [1.29, 1.82) is 0 Å². The van der Waals surface area contributed by atoms with E-state index in [1.165, 1.54) is 12.3 Å². The van der Waals surface area contributed by atoms with E-state index < -0.39 is 5.95 Å². The third-order valence-corrected chi connectivity index (χ3v) is 3.99. The first-order valence-electron chi connectivity index (χ1n) is 8.70. The van der Waals surface area contributed by atoms with Gasteiger partial charge in [0.15, 0.2) is 0 Å². The van der Waals surface area contributed by atoms with E-state index in [2.05, 4.69) is 51.3 Å². The molecule has 0 radical (unpaired) electrons. The minimum Gasteiger partial charge on any atom is -0.366 e. The summed E-state index contributed by atoms with van der Waals surface area (Å²) in [4.78, 5) is 12.4. The van der Waals surface area contributed by atoms with Gasteiger partial charge in [-0.25, -0.2) is 9.97 Å². The van der Waals surface area contributed by atoms with Crippen LogP contribution in [0.1, 0.15) is 38.7 Å². The highest BCUT2D eigenvalue weighted by Crippen LogP contribution is 2.27. The molecule has 7 heteroatoms. The molecule has 26 heavy (non-hydrogen) atoms. The lowest BCUT2D eigenvalue weighted by atomic mass is 9.90. The summed E-state index contributed by atoms with van der Waals surface area (Å²) in [6, 6.07) is 3.37. The first-order valence-corrected chi connectivity index (χ1v) is 8.70. The molecule has 0 amide bonds. The van der Waals surface area contributed by atoms with Crippen LogP contribution in [0, 0.1) is 23.2 Å². The van der Waals surface area contributed by atoms with Gasteiger partial charge in [0, 0.05) is 29.4 Å². The number of hydrogen-bond donors (Lipinski definition) is 3. The van der Waals surface area contributed by atoms with Crippen LogP contribution in [0.5, 0.6) is 0 Å². The van der Waals surface area contributed by atoms with Crippen molar-refractivity contribution in [2.75, 3.05) is 17.2 Å². The van der Waals surface area contributed by atoms with Crippen LogP contribution in [0.3, 0.4) is 0 Å². The fraction of sp³-hybridized carbons (Fsp3) is 0.421. The van der Waals surface area contributed by atoms with Gasteiger partial charge in [-0.05, 0) is 45.7 Å². The van der Waals surface area contributed by atoms with Crippen molar-refractivity contribution in [1.82, 2.24) is 15.0 Å². The molecule has 1 saturated carbocycles. The SMILES string of the molecule is CC(C)(C#Cc1cnc(Nc2ccnc(F)c2)nc1NC1CC1)CCN. The van der Waals surface area contributed by atoms with E-state index in [0.29, 0.717) is 30.0 Å². The number of rotatable bonds is 6. The molecule has 0 aromatic carbocycles. The average Bonchev–Trinajstić information content (AvgIpc) is 3.38. The highest BCUT2D eigenvalue weighted by Gasteiger charge is 2.23. The van der Waals surface area contributed by atoms with Crippen molar-refractivity contribution in [3.63, 3.8) is 0 Å². The van der Waals surface area contributed by atoms with Gasteiger partial charge in [0.05, 0.1) is 11.8 Å². The molecule has 2 heterocycles. The Balaban J connectivity index is 1.85. The van der Waals surface area contributed by atoms with Gasteiger partial charge in [-0.1, -0.05) is 11.8 Å². The normalized spacial score (nSPS) is 13.7. The Morgan fingerprint density at radius 1 is 1.35 bits per heavy atom. The second kappa shape index (κ2) is 7.67. The fourth-order valence-corrected chi connectivity index (χ4v) is 2.33. The summed E-state index contributed by atoms with van der Waals surface area (Å²) in [6.07, 6.45) is 6.13. The highest BCUT2D eigenvalue weighted by atomic mass is 19.1. The maximum atomic E-state index is 13.2. The molecule has 0 aliphatic heterocycles. The van der Waals surface area contributed by atoms with E-state index in [4.69, 9.17) is 5.73 Å². The third-order valence-electron chi connectivity index (χ3n) is 3.99. The van der Waals surface area contributed by atoms with Gasteiger partial charge in [-0.15, -0.1) is 0 Å². The van der Waals surface area contributed by atoms with Crippen LogP contribution in [0.2, 0.25) is 0 Å². The van der Waals surface area contributed by atoms with E-state index in [-0.39, 0.29) is 5.41 Å². The van der Waals surface area contributed by atoms with E-state index in [1.54, 1.807) is 12.3 Å². The van der Waals surface area contributed by atoms with Crippen molar-refractivity contribution in [3.8, 4) is 11.8 Å². The molecule has 0 unspecified atom stereocenters. The molecule has 6 nitrogen and oxygen atoms in total. The molecule has 1 aliphatic rings. The molecule has 4 N–H and O–H groups in total. The first-order chi connectivity index (χ1) is 12.4. The molecule has 136 valence electrons. The van der Waals surface area contributed by atoms with Crippen molar-refractivity contribution in [2.24, 2.45) is 11.1 Å². The zero-order valence-electron chi connectivity index (χ0n) is 15.0. The van der Waals surface area contributed by atoms with Crippen molar-refractivity contribution >= 4 is 17.5 Å². The smallest absolute Gasteiger partial charge is 0.229 e. The Kier molecular flexibility index (Phi) is 5.33. The van der Waals surface area contributed by atoms with Crippen LogP contribution in [-0.4, -0.2) is 27.5 Å². The number of anilines is 3. The van der Waals surface area contributed by atoms with Crippen molar-refractivity contribution in [3.05, 3.63) is 36.0 Å². The van der Waals surface area contributed by atoms with Gasteiger partial charge in [0.1, 0.15) is 5.82 Å². The zero-order valence-corrected chi connectivity index (χ0v) is 15.0. The summed E-state index contributed by atoms with van der Waals surface area (Å²) in [6.45, 7) is 4.72. The zero-order chi connectivity index (χ0) is 18.6. The Morgan fingerprint density at radius 2 is 2.15 bits per heavy atom. The van der Waals surface area contributed by atoms with Crippen LogP contribution in [-0.2, 0) is 0 Å². The number of nitrogens with zero attached hydrogens (tertiary/aromatic N) is 3. The van der Waals surface area contributed by atoms with E-state index in [1.807, 2.05) is 0 Å². The molecule has 0 spiro atoms. The van der Waals surface area contributed by atoms with Crippen LogP contribution in [0.4, 0.5) is 21.8 Å². The summed E-state index contributed by atoms with van der Waals surface area (Å²) >= 11 is 0. The molecule has 1 aliphatic carbocycles. The second-order valence-electron chi connectivity index (χ2n) is 7.04. The monoisotopic (exact) mass is 354 g/mol. The molecule has 2 aromatic heterocycles. The first kappa shape index (κ1) is 18.1. The number of pyridine rings is 1. The Hall–Kier alpha value is -2.72. The third kappa shape index (κ3) is 5.14. The summed E-state index contributed by atoms with van der Waals surface area (Å²) < 4.78 is 13.2. The largest absolute Gasteiger partial charge is 0.366 e.